The molecule has 1 fully saturated rings. The average Bonchev–Trinajstić information content (AvgIpc) is 2.72. The van der Waals surface area contributed by atoms with E-state index in [0.717, 1.165) is 12.5 Å². The van der Waals surface area contributed by atoms with Crippen molar-refractivity contribution in [3.63, 3.8) is 0 Å². The highest BCUT2D eigenvalue weighted by Crippen LogP contribution is 2.38. The maximum atomic E-state index is 13.2. The Balaban J connectivity index is 2.23. The van der Waals surface area contributed by atoms with E-state index < -0.39 is 28.9 Å². The lowest BCUT2D eigenvalue weighted by molar-refractivity contribution is -0.140. The Kier molecular flexibility index (Phi) is 3.97. The van der Waals surface area contributed by atoms with E-state index in [9.17, 15) is 22.4 Å². The van der Waals surface area contributed by atoms with E-state index in [4.69, 9.17) is 5.73 Å². The first-order valence-electron chi connectivity index (χ1n) is 6.58. The molecule has 0 saturated heterocycles. The number of rotatable bonds is 2. The van der Waals surface area contributed by atoms with Crippen LogP contribution in [0.1, 0.15) is 31.7 Å². The van der Waals surface area contributed by atoms with Crippen molar-refractivity contribution in [2.45, 2.75) is 38.4 Å². The van der Waals surface area contributed by atoms with Gasteiger partial charge >= 0.3 is 6.18 Å². The lowest BCUT2D eigenvalue weighted by Gasteiger charge is -2.27. The molecule has 2 rings (SSSR count). The van der Waals surface area contributed by atoms with E-state index >= 15 is 0 Å². The highest BCUT2D eigenvalue weighted by Gasteiger charge is 2.43. The van der Waals surface area contributed by atoms with Crippen LogP contribution in [0.15, 0.2) is 18.2 Å². The summed E-state index contributed by atoms with van der Waals surface area (Å²) in [5.74, 6) is -1.81. The third-order valence-corrected chi connectivity index (χ3v) is 4.08. The van der Waals surface area contributed by atoms with Crippen LogP contribution in [0.2, 0.25) is 0 Å². The topological polar surface area (TPSA) is 55.1 Å². The van der Waals surface area contributed by atoms with Crippen LogP contribution in [0.5, 0.6) is 0 Å². The van der Waals surface area contributed by atoms with Gasteiger partial charge in [-0.3, -0.25) is 4.79 Å². The largest absolute Gasteiger partial charge is 0.419 e. The molecule has 7 heteroatoms. The molecule has 0 aliphatic heterocycles. The Bertz CT molecular complexity index is 558. The third-order valence-electron chi connectivity index (χ3n) is 4.08. The quantitative estimate of drug-likeness (QED) is 0.824. The molecule has 0 bridgehead atoms. The van der Waals surface area contributed by atoms with Crippen molar-refractivity contribution in [2.24, 2.45) is 11.1 Å². The van der Waals surface area contributed by atoms with Gasteiger partial charge in [0.25, 0.3) is 0 Å². The van der Waals surface area contributed by atoms with Crippen LogP contribution in [-0.2, 0) is 11.0 Å². The second kappa shape index (κ2) is 5.29. The maximum absolute atomic E-state index is 13.2. The summed E-state index contributed by atoms with van der Waals surface area (Å²) in [6.07, 6.45) is -2.74. The van der Waals surface area contributed by atoms with Gasteiger partial charge in [0.05, 0.1) is 11.0 Å². The van der Waals surface area contributed by atoms with Crippen molar-refractivity contribution < 1.29 is 22.4 Å². The molecular weight excluding hydrogens is 288 g/mol. The van der Waals surface area contributed by atoms with Crippen molar-refractivity contribution >= 4 is 11.6 Å². The molecule has 0 radical (unpaired) electrons. The SMILES string of the molecule is CC1(C(=O)Nc2ccc(F)c(C(F)(F)F)c2)CCCC1N. The van der Waals surface area contributed by atoms with Gasteiger partial charge in [0.2, 0.25) is 5.91 Å². The number of benzene rings is 1. The fourth-order valence-corrected chi connectivity index (χ4v) is 2.57. The smallest absolute Gasteiger partial charge is 0.327 e. The van der Waals surface area contributed by atoms with Crippen LogP contribution in [-0.4, -0.2) is 11.9 Å². The summed E-state index contributed by atoms with van der Waals surface area (Å²) in [5, 5.41) is 2.41. The normalized spacial score (nSPS) is 25.9. The molecule has 2 atom stereocenters. The fourth-order valence-electron chi connectivity index (χ4n) is 2.57. The monoisotopic (exact) mass is 304 g/mol. The van der Waals surface area contributed by atoms with Crippen LogP contribution in [0.4, 0.5) is 23.2 Å². The van der Waals surface area contributed by atoms with Gasteiger partial charge in [0, 0.05) is 11.7 Å². The molecule has 0 aromatic heterocycles. The van der Waals surface area contributed by atoms with Gasteiger partial charge in [-0.2, -0.15) is 13.2 Å². The number of nitrogens with one attached hydrogen (secondary N) is 1. The van der Waals surface area contributed by atoms with Crippen molar-refractivity contribution in [1.82, 2.24) is 0 Å². The summed E-state index contributed by atoms with van der Waals surface area (Å²) < 4.78 is 51.1. The number of hydrogen-bond donors (Lipinski definition) is 2. The predicted molar refractivity (Wildman–Crippen MR) is 70.0 cm³/mol. The summed E-state index contributed by atoms with van der Waals surface area (Å²) in [5.41, 5.74) is 3.59. The predicted octanol–water partition coefficient (Wildman–Crippen LogP) is 3.30. The molecular formula is C14H16F4N2O. The zero-order valence-corrected chi connectivity index (χ0v) is 11.4. The van der Waals surface area contributed by atoms with E-state index in [-0.39, 0.29) is 11.7 Å². The Morgan fingerprint density at radius 1 is 1.43 bits per heavy atom. The summed E-state index contributed by atoms with van der Waals surface area (Å²) in [6, 6.07) is 2.05. The van der Waals surface area contributed by atoms with Crippen LogP contribution in [0.3, 0.4) is 0 Å². The molecule has 1 saturated carbocycles. The number of hydrogen-bond acceptors (Lipinski definition) is 2. The van der Waals surface area contributed by atoms with Gasteiger partial charge in [-0.25, -0.2) is 4.39 Å². The van der Waals surface area contributed by atoms with Crippen LogP contribution in [0.25, 0.3) is 0 Å². The van der Waals surface area contributed by atoms with Crippen molar-refractivity contribution in [3.05, 3.63) is 29.6 Å². The van der Waals surface area contributed by atoms with E-state index in [1.807, 2.05) is 0 Å². The van der Waals surface area contributed by atoms with E-state index in [1.165, 1.54) is 0 Å². The van der Waals surface area contributed by atoms with E-state index in [2.05, 4.69) is 5.32 Å². The number of carbonyl (C=O) groups is 1. The standard InChI is InChI=1S/C14H16F4N2O/c1-13(6-2-3-11(13)19)12(21)20-8-4-5-10(15)9(7-8)14(16,17)18/h4-5,7,11H,2-3,6,19H2,1H3,(H,20,21). The van der Waals surface area contributed by atoms with Gasteiger partial charge in [-0.1, -0.05) is 6.42 Å². The lowest BCUT2D eigenvalue weighted by atomic mass is 9.84. The van der Waals surface area contributed by atoms with Gasteiger partial charge in [0.1, 0.15) is 5.82 Å². The zero-order valence-electron chi connectivity index (χ0n) is 11.4. The maximum Gasteiger partial charge on any atom is 0.419 e. The van der Waals surface area contributed by atoms with Gasteiger partial charge < -0.3 is 11.1 Å². The van der Waals surface area contributed by atoms with Gasteiger partial charge in [-0.05, 0) is 38.0 Å². The molecule has 2 unspecified atom stereocenters. The molecule has 3 N–H and O–H groups in total. The molecule has 1 aromatic rings. The van der Waals surface area contributed by atoms with E-state index in [1.54, 1.807) is 6.92 Å². The van der Waals surface area contributed by atoms with Crippen LogP contribution < -0.4 is 11.1 Å². The minimum Gasteiger partial charge on any atom is -0.327 e. The lowest BCUT2D eigenvalue weighted by Crippen LogP contribution is -2.44. The molecule has 0 heterocycles. The average molecular weight is 304 g/mol. The molecule has 116 valence electrons. The zero-order chi connectivity index (χ0) is 15.8. The van der Waals surface area contributed by atoms with Crippen molar-refractivity contribution in [1.29, 1.82) is 0 Å². The van der Waals surface area contributed by atoms with E-state index in [0.29, 0.717) is 25.0 Å². The first-order chi connectivity index (χ1) is 9.64. The highest BCUT2D eigenvalue weighted by atomic mass is 19.4. The van der Waals surface area contributed by atoms with Crippen molar-refractivity contribution in [3.8, 4) is 0 Å². The number of halogens is 4. The summed E-state index contributed by atoms with van der Waals surface area (Å²) in [4.78, 5) is 12.2. The fraction of sp³-hybridized carbons (Fsp3) is 0.500. The Hall–Kier alpha value is -1.63. The van der Waals surface area contributed by atoms with Crippen molar-refractivity contribution in [2.75, 3.05) is 5.32 Å². The molecule has 1 aliphatic carbocycles. The number of carbonyl (C=O) groups excluding carboxylic acids is 1. The highest BCUT2D eigenvalue weighted by molar-refractivity contribution is 5.95. The number of anilines is 1. The molecule has 1 aromatic carbocycles. The molecule has 0 spiro atoms. The molecule has 1 amide bonds. The minimum atomic E-state index is -4.81. The van der Waals surface area contributed by atoms with Crippen LogP contribution in [0, 0.1) is 11.2 Å². The van der Waals surface area contributed by atoms with Gasteiger partial charge in [0.15, 0.2) is 0 Å². The summed E-state index contributed by atoms with van der Waals surface area (Å²) in [6.45, 7) is 1.69. The summed E-state index contributed by atoms with van der Waals surface area (Å²) >= 11 is 0. The number of amides is 1. The summed E-state index contributed by atoms with van der Waals surface area (Å²) in [7, 11) is 0. The Labute approximate surface area is 119 Å². The van der Waals surface area contributed by atoms with Gasteiger partial charge in [-0.15, -0.1) is 0 Å². The second-order valence-corrected chi connectivity index (χ2v) is 5.56. The Morgan fingerprint density at radius 3 is 2.62 bits per heavy atom. The molecule has 3 nitrogen and oxygen atoms in total. The Morgan fingerprint density at radius 2 is 2.10 bits per heavy atom. The second-order valence-electron chi connectivity index (χ2n) is 5.56. The first kappa shape index (κ1) is 15.8. The minimum absolute atomic E-state index is 0.0888. The molecule has 1 aliphatic rings. The number of nitrogens with two attached hydrogens (primary N) is 1. The third kappa shape index (κ3) is 3.02. The first-order valence-corrected chi connectivity index (χ1v) is 6.58. The molecule has 21 heavy (non-hydrogen) atoms. The number of alkyl halides is 3. The van der Waals surface area contributed by atoms with Crippen LogP contribution >= 0.6 is 0 Å².